The quantitative estimate of drug-likeness (QED) is 0.873. The number of amides is 1. The van der Waals surface area contributed by atoms with Crippen LogP contribution in [-0.2, 0) is 0 Å². The molecule has 8 heteroatoms. The minimum absolute atomic E-state index is 0.000936. The van der Waals surface area contributed by atoms with Gasteiger partial charge in [-0.15, -0.1) is 11.3 Å². The van der Waals surface area contributed by atoms with Gasteiger partial charge in [-0.2, -0.15) is 0 Å². The van der Waals surface area contributed by atoms with E-state index in [0.717, 1.165) is 23.5 Å². The van der Waals surface area contributed by atoms with Crippen LogP contribution in [0.15, 0.2) is 18.2 Å². The van der Waals surface area contributed by atoms with Crippen LogP contribution in [0.2, 0.25) is 8.67 Å². The average molecular weight is 351 g/mol. The second-order valence-electron chi connectivity index (χ2n) is 4.37. The third kappa shape index (κ3) is 3.45. The number of hydrogen-bond donors (Lipinski definition) is 1. The fourth-order valence-corrected chi connectivity index (χ4v) is 3.22. The summed E-state index contributed by atoms with van der Waals surface area (Å²) in [5.41, 5.74) is -0.0206. The maximum atomic E-state index is 13.8. The molecule has 2 aromatic rings. The Labute approximate surface area is 134 Å². The minimum atomic E-state index is -0.773. The van der Waals surface area contributed by atoms with Gasteiger partial charge in [0.05, 0.1) is 9.90 Å². The summed E-state index contributed by atoms with van der Waals surface area (Å²) in [5.74, 6) is -2.13. The predicted octanol–water partition coefficient (Wildman–Crippen LogP) is 4.65. The number of carbonyl (C=O) groups is 1. The molecule has 1 aromatic heterocycles. The van der Waals surface area contributed by atoms with Gasteiger partial charge in [-0.25, -0.2) is 8.78 Å². The summed E-state index contributed by atoms with van der Waals surface area (Å²) in [7, 11) is 3.04. The number of rotatable bonds is 3. The van der Waals surface area contributed by atoms with E-state index in [9.17, 15) is 13.6 Å². The first-order chi connectivity index (χ1) is 9.79. The van der Waals surface area contributed by atoms with Crippen molar-refractivity contribution in [2.24, 2.45) is 0 Å². The van der Waals surface area contributed by atoms with Crippen LogP contribution in [-0.4, -0.2) is 20.0 Å². The molecule has 0 atom stereocenters. The lowest BCUT2D eigenvalue weighted by Gasteiger charge is -2.15. The van der Waals surface area contributed by atoms with Gasteiger partial charge in [0.2, 0.25) is 0 Å². The Morgan fingerprint density at radius 3 is 2.19 bits per heavy atom. The van der Waals surface area contributed by atoms with Crippen LogP contribution in [0.3, 0.4) is 0 Å². The molecule has 2 rings (SSSR count). The second kappa shape index (κ2) is 6.17. The topological polar surface area (TPSA) is 32.3 Å². The molecule has 0 fully saturated rings. The molecule has 1 N–H and O–H groups in total. The fraction of sp³-hybridized carbons (Fsp3) is 0.154. The van der Waals surface area contributed by atoms with Gasteiger partial charge in [0.15, 0.2) is 11.6 Å². The third-order valence-corrected chi connectivity index (χ3v) is 4.11. The second-order valence-corrected chi connectivity index (χ2v) is 6.66. The number of anilines is 2. The molecule has 1 heterocycles. The molecule has 112 valence electrons. The molecule has 0 radical (unpaired) electrons. The number of carbonyl (C=O) groups excluding carboxylic acids is 1. The van der Waals surface area contributed by atoms with Gasteiger partial charge in [0.1, 0.15) is 10.0 Å². The molecule has 1 amide bonds. The lowest BCUT2D eigenvalue weighted by atomic mass is 10.2. The van der Waals surface area contributed by atoms with E-state index in [0.29, 0.717) is 4.34 Å². The van der Waals surface area contributed by atoms with Crippen molar-refractivity contribution in [1.82, 2.24) is 0 Å². The highest BCUT2D eigenvalue weighted by Crippen LogP contribution is 2.32. The SMILES string of the molecule is CN(C)c1c(F)cc(NC(=O)c2cc(Cl)sc2Cl)cc1F. The maximum absolute atomic E-state index is 13.8. The van der Waals surface area contributed by atoms with E-state index in [1.807, 2.05) is 0 Å². The van der Waals surface area contributed by atoms with Crippen molar-refractivity contribution >= 4 is 51.8 Å². The summed E-state index contributed by atoms with van der Waals surface area (Å²) in [6.07, 6.45) is 0. The average Bonchev–Trinajstić information content (AvgIpc) is 2.66. The van der Waals surface area contributed by atoms with Crippen molar-refractivity contribution in [1.29, 1.82) is 0 Å². The number of halogens is 4. The minimum Gasteiger partial charge on any atom is -0.373 e. The molecule has 0 saturated carbocycles. The van der Waals surface area contributed by atoms with Crippen molar-refractivity contribution in [2.45, 2.75) is 0 Å². The number of nitrogens with zero attached hydrogens (tertiary/aromatic N) is 1. The summed E-state index contributed by atoms with van der Waals surface area (Å²) in [6, 6.07) is 3.47. The van der Waals surface area contributed by atoms with Crippen molar-refractivity contribution in [3.05, 3.63) is 44.1 Å². The smallest absolute Gasteiger partial charge is 0.258 e. The molecule has 0 aliphatic carbocycles. The first-order valence-corrected chi connectivity index (χ1v) is 7.29. The number of thiophene rings is 1. The molecule has 0 aliphatic rings. The maximum Gasteiger partial charge on any atom is 0.258 e. The molecule has 0 unspecified atom stereocenters. The summed E-state index contributed by atoms with van der Waals surface area (Å²) in [5, 5.41) is 2.39. The van der Waals surface area contributed by atoms with E-state index in [2.05, 4.69) is 5.32 Å². The molecule has 0 bridgehead atoms. The van der Waals surface area contributed by atoms with Gasteiger partial charge in [0, 0.05) is 19.8 Å². The van der Waals surface area contributed by atoms with Crippen LogP contribution in [0.5, 0.6) is 0 Å². The molecule has 3 nitrogen and oxygen atoms in total. The molecule has 0 spiro atoms. The normalized spacial score (nSPS) is 10.6. The summed E-state index contributed by atoms with van der Waals surface area (Å²) >= 11 is 12.6. The van der Waals surface area contributed by atoms with E-state index in [1.165, 1.54) is 25.1 Å². The van der Waals surface area contributed by atoms with Gasteiger partial charge >= 0.3 is 0 Å². The Morgan fingerprint density at radius 2 is 1.76 bits per heavy atom. The first-order valence-electron chi connectivity index (χ1n) is 5.72. The highest BCUT2D eigenvalue weighted by Gasteiger charge is 2.17. The number of hydrogen-bond acceptors (Lipinski definition) is 3. The zero-order valence-electron chi connectivity index (χ0n) is 11.0. The monoisotopic (exact) mass is 350 g/mol. The molecule has 0 aliphatic heterocycles. The van der Waals surface area contributed by atoms with E-state index in [4.69, 9.17) is 23.2 Å². The van der Waals surface area contributed by atoms with E-state index in [-0.39, 0.29) is 21.3 Å². The van der Waals surface area contributed by atoms with E-state index in [1.54, 1.807) is 0 Å². The lowest BCUT2D eigenvalue weighted by molar-refractivity contribution is 0.102. The van der Waals surface area contributed by atoms with Crippen LogP contribution in [0.4, 0.5) is 20.2 Å². The van der Waals surface area contributed by atoms with Crippen molar-refractivity contribution in [3.8, 4) is 0 Å². The Hall–Kier alpha value is -1.37. The summed E-state index contributed by atoms with van der Waals surface area (Å²) in [6.45, 7) is 0. The predicted molar refractivity (Wildman–Crippen MR) is 83.0 cm³/mol. The Balaban J connectivity index is 2.28. The highest BCUT2D eigenvalue weighted by atomic mass is 35.5. The van der Waals surface area contributed by atoms with Crippen LogP contribution >= 0.6 is 34.5 Å². The van der Waals surface area contributed by atoms with Gasteiger partial charge in [-0.3, -0.25) is 4.79 Å². The zero-order valence-corrected chi connectivity index (χ0v) is 13.3. The third-order valence-electron chi connectivity index (χ3n) is 2.62. The van der Waals surface area contributed by atoms with Crippen molar-refractivity contribution in [3.63, 3.8) is 0 Å². The molecule has 1 aromatic carbocycles. The van der Waals surface area contributed by atoms with Crippen molar-refractivity contribution in [2.75, 3.05) is 24.3 Å². The van der Waals surface area contributed by atoms with E-state index < -0.39 is 17.5 Å². The van der Waals surface area contributed by atoms with Gasteiger partial charge in [-0.05, 0) is 18.2 Å². The van der Waals surface area contributed by atoms with Crippen LogP contribution in [0.25, 0.3) is 0 Å². The summed E-state index contributed by atoms with van der Waals surface area (Å²) in [4.78, 5) is 13.3. The van der Waals surface area contributed by atoms with Crippen molar-refractivity contribution < 1.29 is 13.6 Å². The van der Waals surface area contributed by atoms with Crippen LogP contribution < -0.4 is 10.2 Å². The molecule has 21 heavy (non-hydrogen) atoms. The Kier molecular flexibility index (Phi) is 4.70. The molecular weight excluding hydrogens is 341 g/mol. The largest absolute Gasteiger partial charge is 0.373 e. The van der Waals surface area contributed by atoms with E-state index >= 15 is 0 Å². The molecular formula is C13H10Cl2F2N2OS. The van der Waals surface area contributed by atoms with Gasteiger partial charge in [-0.1, -0.05) is 23.2 Å². The zero-order chi connectivity index (χ0) is 15.7. The first kappa shape index (κ1) is 16.0. The Bertz CT molecular complexity index is 680. The number of benzene rings is 1. The number of nitrogens with one attached hydrogen (secondary N) is 1. The standard InChI is InChI=1S/C13H10Cl2F2N2OS/c1-19(2)11-8(16)3-6(4-9(11)17)18-13(20)7-5-10(14)21-12(7)15/h3-5H,1-2H3,(H,18,20). The lowest BCUT2D eigenvalue weighted by Crippen LogP contribution is -2.15. The Morgan fingerprint density at radius 1 is 1.19 bits per heavy atom. The van der Waals surface area contributed by atoms with Gasteiger partial charge in [0.25, 0.3) is 5.91 Å². The fourth-order valence-electron chi connectivity index (χ4n) is 1.76. The molecule has 0 saturated heterocycles. The van der Waals surface area contributed by atoms with Crippen LogP contribution in [0.1, 0.15) is 10.4 Å². The van der Waals surface area contributed by atoms with Gasteiger partial charge < -0.3 is 10.2 Å². The summed E-state index contributed by atoms with van der Waals surface area (Å²) < 4.78 is 28.2. The van der Waals surface area contributed by atoms with Crippen LogP contribution in [0, 0.1) is 11.6 Å². The highest BCUT2D eigenvalue weighted by molar-refractivity contribution is 7.20.